The van der Waals surface area contributed by atoms with Crippen LogP contribution in [0, 0.1) is 0 Å². The Bertz CT molecular complexity index is 478. The second kappa shape index (κ2) is 4.82. The third kappa shape index (κ3) is 2.51. The Morgan fingerprint density at radius 1 is 1.21 bits per heavy atom. The summed E-state index contributed by atoms with van der Waals surface area (Å²) in [5, 5.41) is 3.62. The van der Waals surface area contributed by atoms with Crippen LogP contribution in [0.3, 0.4) is 0 Å². The number of nitrogens with one attached hydrogen (secondary N) is 1. The van der Waals surface area contributed by atoms with Crippen LogP contribution in [0.25, 0.3) is 0 Å². The molecule has 0 saturated heterocycles. The number of hydrogen-bond donors (Lipinski definition) is 1. The molecule has 1 aromatic carbocycles. The van der Waals surface area contributed by atoms with Gasteiger partial charge in [-0.1, -0.05) is 13.0 Å². The highest BCUT2D eigenvalue weighted by molar-refractivity contribution is 5.47. The van der Waals surface area contributed by atoms with Gasteiger partial charge in [-0.25, -0.2) is 0 Å². The van der Waals surface area contributed by atoms with Crippen LogP contribution in [-0.2, 0) is 12.8 Å². The third-order valence-electron chi connectivity index (χ3n) is 4.38. The van der Waals surface area contributed by atoms with Crippen LogP contribution in [0.4, 0.5) is 0 Å². The summed E-state index contributed by atoms with van der Waals surface area (Å²) in [6.07, 6.45) is 6.17. The molecular weight excluding hydrogens is 234 g/mol. The van der Waals surface area contributed by atoms with Gasteiger partial charge in [-0.2, -0.15) is 0 Å². The van der Waals surface area contributed by atoms with E-state index < -0.39 is 0 Å². The van der Waals surface area contributed by atoms with E-state index in [4.69, 9.17) is 4.74 Å². The van der Waals surface area contributed by atoms with Crippen molar-refractivity contribution in [2.24, 2.45) is 0 Å². The van der Waals surface area contributed by atoms with Crippen LogP contribution in [0.1, 0.15) is 62.8 Å². The minimum Gasteiger partial charge on any atom is -0.487 e. The summed E-state index contributed by atoms with van der Waals surface area (Å²) in [7, 11) is 0. The molecule has 1 atom stereocenters. The maximum atomic E-state index is 6.22. The fourth-order valence-corrected chi connectivity index (χ4v) is 3.51. The summed E-state index contributed by atoms with van der Waals surface area (Å²) in [5.41, 5.74) is 4.37. The minimum atomic E-state index is -0.0667. The molecule has 1 aromatic rings. The van der Waals surface area contributed by atoms with E-state index >= 15 is 0 Å². The molecule has 2 heteroatoms. The number of aryl methyl sites for hydroxylation is 2. The molecule has 1 heterocycles. The largest absolute Gasteiger partial charge is 0.487 e. The highest BCUT2D eigenvalue weighted by Gasteiger charge is 2.34. The van der Waals surface area contributed by atoms with Crippen molar-refractivity contribution in [1.29, 1.82) is 0 Å². The number of benzene rings is 1. The van der Waals surface area contributed by atoms with E-state index in [9.17, 15) is 0 Å². The van der Waals surface area contributed by atoms with Crippen molar-refractivity contribution in [2.75, 3.05) is 6.54 Å². The zero-order valence-corrected chi connectivity index (χ0v) is 12.4. The van der Waals surface area contributed by atoms with E-state index in [2.05, 4.69) is 38.2 Å². The van der Waals surface area contributed by atoms with E-state index in [1.807, 2.05) is 0 Å². The molecule has 0 aromatic heterocycles. The summed E-state index contributed by atoms with van der Waals surface area (Å²) >= 11 is 0. The lowest BCUT2D eigenvalue weighted by Gasteiger charge is -2.39. The molecular formula is C17H25NO. The van der Waals surface area contributed by atoms with Gasteiger partial charge in [-0.05, 0) is 63.3 Å². The molecule has 1 aliphatic carbocycles. The SMILES string of the molecule is CCNC1CC(C)(C)Oc2cc3c(cc21)CCCC3. The molecule has 19 heavy (non-hydrogen) atoms. The van der Waals surface area contributed by atoms with Crippen molar-refractivity contribution < 1.29 is 4.74 Å². The van der Waals surface area contributed by atoms with Gasteiger partial charge in [0.15, 0.2) is 0 Å². The normalized spacial score (nSPS) is 24.3. The average Bonchev–Trinajstić information content (AvgIpc) is 2.36. The number of fused-ring (bicyclic) bond motifs is 2. The van der Waals surface area contributed by atoms with E-state index in [1.54, 1.807) is 5.56 Å². The average molecular weight is 259 g/mol. The van der Waals surface area contributed by atoms with Crippen molar-refractivity contribution in [3.8, 4) is 5.75 Å². The summed E-state index contributed by atoms with van der Waals surface area (Å²) in [5.74, 6) is 1.11. The van der Waals surface area contributed by atoms with Crippen molar-refractivity contribution in [3.05, 3.63) is 28.8 Å². The highest BCUT2D eigenvalue weighted by Crippen LogP contribution is 2.42. The Hall–Kier alpha value is -1.02. The predicted octanol–water partition coefficient (Wildman–Crippen LogP) is 3.78. The molecule has 2 nitrogen and oxygen atoms in total. The molecule has 0 radical (unpaired) electrons. The molecule has 0 saturated carbocycles. The fourth-order valence-electron chi connectivity index (χ4n) is 3.51. The Balaban J connectivity index is 2.02. The molecule has 1 unspecified atom stereocenters. The number of hydrogen-bond acceptors (Lipinski definition) is 2. The first-order valence-electron chi connectivity index (χ1n) is 7.67. The van der Waals surface area contributed by atoms with E-state index in [0.29, 0.717) is 6.04 Å². The molecule has 0 fully saturated rings. The zero-order chi connectivity index (χ0) is 13.5. The summed E-state index contributed by atoms with van der Waals surface area (Å²) in [4.78, 5) is 0. The molecule has 1 N–H and O–H groups in total. The van der Waals surface area contributed by atoms with Gasteiger partial charge in [0.1, 0.15) is 11.4 Å². The van der Waals surface area contributed by atoms with Crippen molar-refractivity contribution in [1.82, 2.24) is 5.32 Å². The minimum absolute atomic E-state index is 0.0667. The lowest BCUT2D eigenvalue weighted by Crippen LogP contribution is -2.39. The van der Waals surface area contributed by atoms with Gasteiger partial charge in [-0.3, -0.25) is 0 Å². The molecule has 0 spiro atoms. The van der Waals surface area contributed by atoms with Gasteiger partial charge in [0.25, 0.3) is 0 Å². The third-order valence-corrected chi connectivity index (χ3v) is 4.38. The lowest BCUT2D eigenvalue weighted by molar-refractivity contribution is 0.0662. The summed E-state index contributed by atoms with van der Waals surface area (Å²) in [6.45, 7) is 7.58. The van der Waals surface area contributed by atoms with E-state index in [-0.39, 0.29) is 5.60 Å². The lowest BCUT2D eigenvalue weighted by atomic mass is 9.84. The quantitative estimate of drug-likeness (QED) is 0.872. The smallest absolute Gasteiger partial charge is 0.125 e. The van der Waals surface area contributed by atoms with Crippen molar-refractivity contribution >= 4 is 0 Å². The molecule has 0 amide bonds. The molecule has 2 aliphatic rings. The second-order valence-corrected chi connectivity index (χ2v) is 6.54. The fraction of sp³-hybridized carbons (Fsp3) is 0.647. The first-order valence-corrected chi connectivity index (χ1v) is 7.67. The standard InChI is InChI=1S/C17H25NO/c1-4-18-15-11-17(2,3)19-16-10-13-8-6-5-7-12(13)9-14(15)16/h9-10,15,18H,4-8,11H2,1-3H3. The van der Waals surface area contributed by atoms with Gasteiger partial charge in [0.05, 0.1) is 0 Å². The van der Waals surface area contributed by atoms with Crippen molar-refractivity contribution in [2.45, 2.75) is 64.5 Å². The van der Waals surface area contributed by atoms with Gasteiger partial charge in [0.2, 0.25) is 0 Å². The molecule has 3 rings (SSSR count). The summed E-state index contributed by atoms with van der Waals surface area (Å²) in [6, 6.07) is 5.16. The molecule has 0 bridgehead atoms. The van der Waals surface area contributed by atoms with E-state index in [0.717, 1.165) is 18.7 Å². The number of ether oxygens (including phenoxy) is 1. The first kappa shape index (κ1) is 13.0. The highest BCUT2D eigenvalue weighted by atomic mass is 16.5. The van der Waals surface area contributed by atoms with Crippen LogP contribution in [0.2, 0.25) is 0 Å². The van der Waals surface area contributed by atoms with E-state index in [1.165, 1.54) is 36.8 Å². The van der Waals surface area contributed by atoms with Crippen LogP contribution in [0.15, 0.2) is 12.1 Å². The molecule has 1 aliphatic heterocycles. The van der Waals surface area contributed by atoms with Crippen LogP contribution < -0.4 is 10.1 Å². The first-order chi connectivity index (χ1) is 9.09. The second-order valence-electron chi connectivity index (χ2n) is 6.54. The van der Waals surface area contributed by atoms with Crippen LogP contribution in [0.5, 0.6) is 5.75 Å². The van der Waals surface area contributed by atoms with Gasteiger partial charge in [-0.15, -0.1) is 0 Å². The predicted molar refractivity (Wildman–Crippen MR) is 78.8 cm³/mol. The van der Waals surface area contributed by atoms with Gasteiger partial charge in [0, 0.05) is 18.0 Å². The monoisotopic (exact) mass is 259 g/mol. The van der Waals surface area contributed by atoms with Gasteiger partial charge >= 0.3 is 0 Å². The Morgan fingerprint density at radius 3 is 2.58 bits per heavy atom. The Labute approximate surface area is 116 Å². The Morgan fingerprint density at radius 2 is 1.89 bits per heavy atom. The topological polar surface area (TPSA) is 21.3 Å². The zero-order valence-electron chi connectivity index (χ0n) is 12.4. The molecule has 104 valence electrons. The maximum absolute atomic E-state index is 6.22. The number of rotatable bonds is 2. The van der Waals surface area contributed by atoms with Gasteiger partial charge < -0.3 is 10.1 Å². The summed E-state index contributed by atoms with van der Waals surface area (Å²) < 4.78 is 6.22. The van der Waals surface area contributed by atoms with Crippen LogP contribution >= 0.6 is 0 Å². The Kier molecular flexibility index (Phi) is 3.30. The maximum Gasteiger partial charge on any atom is 0.125 e. The van der Waals surface area contributed by atoms with Crippen LogP contribution in [-0.4, -0.2) is 12.1 Å². The van der Waals surface area contributed by atoms with Crippen molar-refractivity contribution in [3.63, 3.8) is 0 Å².